The highest BCUT2D eigenvalue weighted by Crippen LogP contribution is 2.39. The molecule has 0 radical (unpaired) electrons. The van der Waals surface area contributed by atoms with E-state index >= 15 is 0 Å². The van der Waals surface area contributed by atoms with Crippen molar-refractivity contribution in [3.63, 3.8) is 0 Å². The first kappa shape index (κ1) is 25.3. The van der Waals surface area contributed by atoms with Crippen LogP contribution in [0.25, 0.3) is 34.3 Å². The van der Waals surface area contributed by atoms with Gasteiger partial charge in [0.1, 0.15) is 0 Å². The highest BCUT2D eigenvalue weighted by molar-refractivity contribution is 8.18. The molecule has 1 amide bonds. The first-order chi connectivity index (χ1) is 18.5. The van der Waals surface area contributed by atoms with E-state index in [0.29, 0.717) is 22.2 Å². The van der Waals surface area contributed by atoms with Crippen LogP contribution >= 0.6 is 11.8 Å². The van der Waals surface area contributed by atoms with Crippen LogP contribution in [0.5, 0.6) is 0 Å². The number of ether oxygens (including phenoxy) is 1. The Labute approximate surface area is 226 Å². The molecular formula is C31H27N3O3S. The number of amidine groups is 1. The predicted octanol–water partition coefficient (Wildman–Crippen LogP) is 6.52. The van der Waals surface area contributed by atoms with Crippen LogP contribution in [0.4, 0.5) is 0 Å². The molecule has 0 bridgehead atoms. The molecule has 2 heterocycles. The second kappa shape index (κ2) is 10.9. The molecule has 6 nitrogen and oxygen atoms in total. The van der Waals surface area contributed by atoms with Crippen molar-refractivity contribution in [3.05, 3.63) is 107 Å². The van der Waals surface area contributed by atoms with Crippen molar-refractivity contribution in [1.29, 1.82) is 0 Å². The molecule has 0 N–H and O–H groups in total. The molecule has 1 saturated heterocycles. The lowest BCUT2D eigenvalue weighted by Gasteiger charge is -2.15. The Bertz CT molecular complexity index is 1540. The fourth-order valence-electron chi connectivity index (χ4n) is 4.47. The third-order valence-corrected chi connectivity index (χ3v) is 7.42. The summed E-state index contributed by atoms with van der Waals surface area (Å²) in [7, 11) is 3.43. The van der Waals surface area contributed by atoms with Gasteiger partial charge in [-0.1, -0.05) is 60.7 Å². The van der Waals surface area contributed by atoms with Gasteiger partial charge in [-0.05, 0) is 66.2 Å². The minimum Gasteiger partial charge on any atom is -0.462 e. The number of rotatable bonds is 6. The van der Waals surface area contributed by atoms with Crippen molar-refractivity contribution in [2.75, 3.05) is 20.7 Å². The van der Waals surface area contributed by atoms with Crippen molar-refractivity contribution in [2.24, 2.45) is 4.99 Å². The normalized spacial score (nSPS) is 15.4. The van der Waals surface area contributed by atoms with E-state index in [1.807, 2.05) is 54.6 Å². The summed E-state index contributed by atoms with van der Waals surface area (Å²) in [5, 5.41) is 0.666. The number of carbonyl (C=O) groups is 2. The summed E-state index contributed by atoms with van der Waals surface area (Å²) in [4.78, 5) is 31.7. The molecule has 3 aromatic carbocycles. The zero-order valence-corrected chi connectivity index (χ0v) is 22.2. The number of likely N-dealkylation sites (N-methyl/N-ethyl adjacent to an activating group) is 1. The first-order valence-corrected chi connectivity index (χ1v) is 13.1. The van der Waals surface area contributed by atoms with Gasteiger partial charge < -0.3 is 9.30 Å². The van der Waals surface area contributed by atoms with Crippen LogP contribution in [0.15, 0.2) is 101 Å². The Morgan fingerprint density at radius 2 is 1.58 bits per heavy atom. The van der Waals surface area contributed by atoms with Crippen LogP contribution in [0.1, 0.15) is 22.8 Å². The topological polar surface area (TPSA) is 63.9 Å². The highest BCUT2D eigenvalue weighted by Gasteiger charge is 2.30. The summed E-state index contributed by atoms with van der Waals surface area (Å²) in [6.07, 6.45) is 1.94. The van der Waals surface area contributed by atoms with Gasteiger partial charge in [-0.2, -0.15) is 0 Å². The Morgan fingerprint density at radius 3 is 2.16 bits per heavy atom. The third-order valence-electron chi connectivity index (χ3n) is 6.27. The third kappa shape index (κ3) is 4.80. The van der Waals surface area contributed by atoms with Gasteiger partial charge >= 0.3 is 5.97 Å². The van der Waals surface area contributed by atoms with Crippen molar-refractivity contribution >= 4 is 34.9 Å². The van der Waals surface area contributed by atoms with Gasteiger partial charge in [-0.3, -0.25) is 14.7 Å². The average molecular weight is 522 g/mol. The van der Waals surface area contributed by atoms with Crippen molar-refractivity contribution < 1.29 is 14.3 Å². The standard InChI is InChI=1S/C31H27N3O3S/c1-4-37-30(36)23-15-17-25(18-16-23)34-26(21-11-7-5-8-12-21)19-24(28(34)22-13-9-6-10-14-22)20-27-29(35)33(3)31(32-2)38-27/h5-20H,4H2,1-3H3/b27-20+,32-31?. The number of carbonyl (C=O) groups excluding carboxylic acids is 2. The Kier molecular flexibility index (Phi) is 7.29. The number of benzene rings is 3. The fourth-order valence-corrected chi connectivity index (χ4v) is 5.39. The molecule has 1 fully saturated rings. The van der Waals surface area contributed by atoms with Crippen LogP contribution in [-0.4, -0.2) is 47.2 Å². The zero-order chi connectivity index (χ0) is 26.6. The lowest BCUT2D eigenvalue weighted by molar-refractivity contribution is -0.121. The summed E-state index contributed by atoms with van der Waals surface area (Å²) < 4.78 is 7.35. The monoisotopic (exact) mass is 521 g/mol. The van der Waals surface area contributed by atoms with E-state index in [4.69, 9.17) is 4.74 Å². The fraction of sp³-hybridized carbons (Fsp3) is 0.129. The zero-order valence-electron chi connectivity index (χ0n) is 21.4. The maximum absolute atomic E-state index is 13.0. The van der Waals surface area contributed by atoms with Gasteiger partial charge in [0.05, 0.1) is 28.5 Å². The van der Waals surface area contributed by atoms with Gasteiger partial charge in [-0.25, -0.2) is 4.79 Å². The number of esters is 1. The van der Waals surface area contributed by atoms with Crippen LogP contribution < -0.4 is 0 Å². The molecule has 1 aliphatic heterocycles. The summed E-state index contributed by atoms with van der Waals surface area (Å²) >= 11 is 1.37. The van der Waals surface area contributed by atoms with E-state index in [-0.39, 0.29) is 11.9 Å². The van der Waals surface area contributed by atoms with Crippen LogP contribution in [-0.2, 0) is 9.53 Å². The number of thioether (sulfide) groups is 1. The number of hydrogen-bond acceptors (Lipinski definition) is 5. The van der Waals surface area contributed by atoms with Gasteiger partial charge in [0.15, 0.2) is 5.17 Å². The molecule has 0 saturated carbocycles. The number of hydrogen-bond donors (Lipinski definition) is 0. The maximum Gasteiger partial charge on any atom is 0.338 e. The molecule has 0 atom stereocenters. The van der Waals surface area contributed by atoms with Crippen molar-refractivity contribution in [3.8, 4) is 28.2 Å². The Balaban J connectivity index is 1.76. The molecule has 4 aromatic rings. The SMILES string of the molecule is CCOC(=O)c1ccc(-n2c(-c3ccccc3)cc(/C=C3/SC(=NC)N(C)C3=O)c2-c2ccccc2)cc1. The van der Waals surface area contributed by atoms with Gasteiger partial charge in [-0.15, -0.1) is 0 Å². The quantitative estimate of drug-likeness (QED) is 0.214. The Hall–Kier alpha value is -4.36. The minimum absolute atomic E-state index is 0.0811. The van der Waals surface area contributed by atoms with Crippen LogP contribution in [0.3, 0.4) is 0 Å². The van der Waals surface area contributed by atoms with Crippen LogP contribution in [0, 0.1) is 0 Å². The first-order valence-electron chi connectivity index (χ1n) is 12.3. The van der Waals surface area contributed by atoms with E-state index in [1.54, 1.807) is 38.1 Å². The van der Waals surface area contributed by atoms with Gasteiger partial charge in [0.2, 0.25) is 0 Å². The molecule has 0 unspecified atom stereocenters. The van der Waals surface area contributed by atoms with Gasteiger partial charge in [0, 0.05) is 25.3 Å². The molecule has 7 heteroatoms. The second-order valence-electron chi connectivity index (χ2n) is 8.65. The lowest BCUT2D eigenvalue weighted by atomic mass is 10.1. The van der Waals surface area contributed by atoms with E-state index in [0.717, 1.165) is 33.8 Å². The number of nitrogens with zero attached hydrogens (tertiary/aromatic N) is 3. The average Bonchev–Trinajstić information content (AvgIpc) is 3.47. The molecular weight excluding hydrogens is 494 g/mol. The second-order valence-corrected chi connectivity index (χ2v) is 9.66. The molecule has 1 aromatic heterocycles. The minimum atomic E-state index is -0.349. The predicted molar refractivity (Wildman–Crippen MR) is 154 cm³/mol. The van der Waals surface area contributed by atoms with E-state index in [2.05, 4.69) is 39.9 Å². The lowest BCUT2D eigenvalue weighted by Crippen LogP contribution is -2.23. The molecule has 38 heavy (non-hydrogen) atoms. The molecule has 5 rings (SSSR count). The smallest absolute Gasteiger partial charge is 0.338 e. The number of aliphatic imine (C=N–C) groups is 1. The number of aromatic nitrogens is 1. The Morgan fingerprint density at radius 1 is 0.947 bits per heavy atom. The molecule has 190 valence electrons. The maximum atomic E-state index is 13.0. The summed E-state index contributed by atoms with van der Waals surface area (Å²) in [5.74, 6) is -0.430. The summed E-state index contributed by atoms with van der Waals surface area (Å²) in [6.45, 7) is 2.11. The number of amides is 1. The van der Waals surface area contributed by atoms with Crippen molar-refractivity contribution in [2.45, 2.75) is 6.92 Å². The summed E-state index contributed by atoms with van der Waals surface area (Å²) in [6, 6.07) is 29.8. The molecule has 0 spiro atoms. The highest BCUT2D eigenvalue weighted by atomic mass is 32.2. The van der Waals surface area contributed by atoms with E-state index < -0.39 is 0 Å². The summed E-state index contributed by atoms with van der Waals surface area (Å²) in [5.41, 5.74) is 6.23. The molecule has 1 aliphatic rings. The molecule has 0 aliphatic carbocycles. The van der Waals surface area contributed by atoms with E-state index in [9.17, 15) is 9.59 Å². The largest absolute Gasteiger partial charge is 0.462 e. The van der Waals surface area contributed by atoms with Crippen LogP contribution in [0.2, 0.25) is 0 Å². The van der Waals surface area contributed by atoms with E-state index in [1.165, 1.54) is 11.8 Å². The van der Waals surface area contributed by atoms with Gasteiger partial charge in [0.25, 0.3) is 5.91 Å². The van der Waals surface area contributed by atoms with Crippen molar-refractivity contribution in [1.82, 2.24) is 9.47 Å².